The monoisotopic (exact) mass is 384 g/mol. The molecule has 2 unspecified atom stereocenters. The van der Waals surface area contributed by atoms with Crippen LogP contribution in [0.5, 0.6) is 5.75 Å². The number of para-hydroxylation sites is 1. The lowest BCUT2D eigenvalue weighted by atomic mass is 9.96. The van der Waals surface area contributed by atoms with E-state index in [1.807, 2.05) is 6.07 Å². The molecule has 2 atom stereocenters. The highest BCUT2D eigenvalue weighted by atomic mass is 19.3. The Morgan fingerprint density at radius 2 is 1.96 bits per heavy atom. The van der Waals surface area contributed by atoms with Crippen LogP contribution in [0, 0.1) is 5.92 Å². The summed E-state index contributed by atoms with van der Waals surface area (Å²) in [7, 11) is 0. The van der Waals surface area contributed by atoms with Gasteiger partial charge in [-0.1, -0.05) is 18.2 Å². The summed E-state index contributed by atoms with van der Waals surface area (Å²) < 4.78 is 30.3. The molecule has 0 bridgehead atoms. The van der Waals surface area contributed by atoms with E-state index in [4.69, 9.17) is 9.84 Å². The van der Waals surface area contributed by atoms with Gasteiger partial charge in [0.25, 0.3) is 5.91 Å². The Morgan fingerprint density at radius 3 is 2.59 bits per heavy atom. The lowest BCUT2D eigenvalue weighted by molar-refractivity contribution is -0.145. The lowest BCUT2D eigenvalue weighted by Crippen LogP contribution is -2.50. The molecule has 1 aromatic carbocycles. The Bertz CT molecular complexity index is 656. The van der Waals surface area contributed by atoms with Crippen LogP contribution in [0.25, 0.3) is 0 Å². The first-order valence-electron chi connectivity index (χ1n) is 8.63. The third-order valence-electron chi connectivity index (χ3n) is 4.28. The SMILES string of the molecule is O=C(NC(CC(F)F)C(=O)O)C1CCCN(C(=O)COc2ccccc2)C1. The fraction of sp³-hybridized carbons (Fsp3) is 0.500. The average Bonchev–Trinajstić information content (AvgIpc) is 2.66. The second kappa shape index (κ2) is 9.84. The molecule has 0 aliphatic carbocycles. The second-order valence-electron chi connectivity index (χ2n) is 6.31. The third-order valence-corrected chi connectivity index (χ3v) is 4.28. The highest BCUT2D eigenvalue weighted by molar-refractivity contribution is 5.86. The molecule has 9 heteroatoms. The van der Waals surface area contributed by atoms with Gasteiger partial charge in [0.15, 0.2) is 6.61 Å². The average molecular weight is 384 g/mol. The van der Waals surface area contributed by atoms with Gasteiger partial charge < -0.3 is 20.1 Å². The van der Waals surface area contributed by atoms with Crippen LogP contribution in [0.1, 0.15) is 19.3 Å². The van der Waals surface area contributed by atoms with Crippen molar-refractivity contribution in [1.29, 1.82) is 0 Å². The van der Waals surface area contributed by atoms with E-state index in [-0.39, 0.29) is 19.1 Å². The quantitative estimate of drug-likeness (QED) is 0.709. The summed E-state index contributed by atoms with van der Waals surface area (Å²) >= 11 is 0. The number of carboxylic acids is 1. The topological polar surface area (TPSA) is 95.9 Å². The summed E-state index contributed by atoms with van der Waals surface area (Å²) in [6.07, 6.45) is -2.79. The summed E-state index contributed by atoms with van der Waals surface area (Å²) in [6, 6.07) is 7.16. The van der Waals surface area contributed by atoms with Crippen LogP contribution in [0.2, 0.25) is 0 Å². The molecule has 1 heterocycles. The number of hydrogen-bond donors (Lipinski definition) is 2. The van der Waals surface area contributed by atoms with Crippen molar-refractivity contribution in [2.75, 3.05) is 19.7 Å². The first-order chi connectivity index (χ1) is 12.9. The zero-order valence-corrected chi connectivity index (χ0v) is 14.6. The number of carbonyl (C=O) groups excluding carboxylic acids is 2. The highest BCUT2D eigenvalue weighted by Gasteiger charge is 2.32. The van der Waals surface area contributed by atoms with E-state index in [1.165, 1.54) is 4.90 Å². The fourth-order valence-electron chi connectivity index (χ4n) is 2.86. The number of halogens is 2. The maximum atomic E-state index is 12.4. The van der Waals surface area contributed by atoms with Crippen LogP contribution in [0.15, 0.2) is 30.3 Å². The smallest absolute Gasteiger partial charge is 0.326 e. The zero-order chi connectivity index (χ0) is 19.8. The van der Waals surface area contributed by atoms with Gasteiger partial charge in [-0.2, -0.15) is 0 Å². The van der Waals surface area contributed by atoms with Crippen molar-refractivity contribution in [3.8, 4) is 5.75 Å². The summed E-state index contributed by atoms with van der Waals surface area (Å²) in [5, 5.41) is 11.1. The highest BCUT2D eigenvalue weighted by Crippen LogP contribution is 2.18. The van der Waals surface area contributed by atoms with Crippen molar-refractivity contribution in [2.24, 2.45) is 5.92 Å². The van der Waals surface area contributed by atoms with E-state index >= 15 is 0 Å². The van der Waals surface area contributed by atoms with Crippen LogP contribution in [-0.4, -0.2) is 60.0 Å². The van der Waals surface area contributed by atoms with Crippen molar-refractivity contribution >= 4 is 17.8 Å². The molecule has 0 spiro atoms. The number of aliphatic carboxylic acids is 1. The van der Waals surface area contributed by atoms with E-state index in [2.05, 4.69) is 5.32 Å². The standard InChI is InChI=1S/C18H22F2N2O5/c19-15(20)9-14(18(25)26)21-17(24)12-5-4-8-22(10-12)16(23)11-27-13-6-2-1-3-7-13/h1-3,6-7,12,14-15H,4-5,8-11H2,(H,21,24)(H,25,26). The number of amides is 2. The number of piperidine rings is 1. The van der Waals surface area contributed by atoms with E-state index in [0.717, 1.165) is 0 Å². The number of rotatable bonds is 8. The first kappa shape index (κ1) is 20.6. The minimum absolute atomic E-state index is 0.101. The molecular weight excluding hydrogens is 362 g/mol. The Morgan fingerprint density at radius 1 is 1.26 bits per heavy atom. The van der Waals surface area contributed by atoms with Gasteiger partial charge in [0.05, 0.1) is 5.92 Å². The minimum atomic E-state index is -2.84. The van der Waals surface area contributed by atoms with Gasteiger partial charge in [0.2, 0.25) is 12.3 Å². The normalized spacial score (nSPS) is 18.0. The summed E-state index contributed by atoms with van der Waals surface area (Å²) in [4.78, 5) is 37.0. The van der Waals surface area contributed by atoms with E-state index in [0.29, 0.717) is 25.1 Å². The molecule has 2 rings (SSSR count). The number of carbonyl (C=O) groups is 3. The third kappa shape index (κ3) is 6.50. The van der Waals surface area contributed by atoms with E-state index in [1.54, 1.807) is 24.3 Å². The van der Waals surface area contributed by atoms with Crippen LogP contribution in [0.3, 0.4) is 0 Å². The molecule has 1 aliphatic rings. The van der Waals surface area contributed by atoms with Gasteiger partial charge >= 0.3 is 5.97 Å². The molecule has 1 saturated heterocycles. The summed E-state index contributed by atoms with van der Waals surface area (Å²) in [6.45, 7) is 0.380. The van der Waals surface area contributed by atoms with E-state index in [9.17, 15) is 23.2 Å². The van der Waals surface area contributed by atoms with Crippen LogP contribution < -0.4 is 10.1 Å². The molecule has 2 N–H and O–H groups in total. The molecule has 27 heavy (non-hydrogen) atoms. The van der Waals surface area contributed by atoms with Gasteiger partial charge in [-0.05, 0) is 25.0 Å². The first-order valence-corrected chi connectivity index (χ1v) is 8.63. The Balaban J connectivity index is 1.87. The van der Waals surface area contributed by atoms with Crippen molar-refractivity contribution in [1.82, 2.24) is 10.2 Å². The molecule has 1 aliphatic heterocycles. The van der Waals surface area contributed by atoms with Crippen LogP contribution in [0.4, 0.5) is 8.78 Å². The van der Waals surface area contributed by atoms with Gasteiger partial charge in [0, 0.05) is 19.5 Å². The minimum Gasteiger partial charge on any atom is -0.484 e. The number of nitrogens with zero attached hydrogens (tertiary/aromatic N) is 1. The zero-order valence-electron chi connectivity index (χ0n) is 14.6. The molecular formula is C18H22F2N2O5. The molecule has 1 aromatic rings. The molecule has 148 valence electrons. The molecule has 1 fully saturated rings. The van der Waals surface area contributed by atoms with Crippen LogP contribution in [-0.2, 0) is 14.4 Å². The number of likely N-dealkylation sites (tertiary alicyclic amines) is 1. The van der Waals surface area contributed by atoms with Crippen molar-refractivity contribution < 1.29 is 33.0 Å². The lowest BCUT2D eigenvalue weighted by Gasteiger charge is -2.32. The number of hydrogen-bond acceptors (Lipinski definition) is 4. The van der Waals surface area contributed by atoms with Gasteiger partial charge in [-0.3, -0.25) is 9.59 Å². The van der Waals surface area contributed by atoms with E-state index < -0.39 is 36.7 Å². The number of carboxylic acid groups (broad SMARTS) is 1. The van der Waals surface area contributed by atoms with Crippen LogP contribution >= 0.6 is 0 Å². The number of ether oxygens (including phenoxy) is 1. The van der Waals surface area contributed by atoms with Gasteiger partial charge in [-0.25, -0.2) is 13.6 Å². The number of alkyl halides is 2. The summed E-state index contributed by atoms with van der Waals surface area (Å²) in [5.74, 6) is -2.53. The largest absolute Gasteiger partial charge is 0.484 e. The molecule has 0 radical (unpaired) electrons. The number of benzene rings is 1. The van der Waals surface area contributed by atoms with Crippen molar-refractivity contribution in [2.45, 2.75) is 31.7 Å². The Hall–Kier alpha value is -2.71. The molecule has 0 saturated carbocycles. The second-order valence-corrected chi connectivity index (χ2v) is 6.31. The predicted octanol–water partition coefficient (Wildman–Crippen LogP) is 1.53. The maximum absolute atomic E-state index is 12.4. The van der Waals surface area contributed by atoms with Crippen molar-refractivity contribution in [3.63, 3.8) is 0 Å². The Labute approximate surface area is 155 Å². The van der Waals surface area contributed by atoms with Gasteiger partial charge in [0.1, 0.15) is 11.8 Å². The Kier molecular flexibility index (Phi) is 7.51. The maximum Gasteiger partial charge on any atom is 0.326 e. The fourth-order valence-corrected chi connectivity index (χ4v) is 2.86. The summed E-state index contributed by atoms with van der Waals surface area (Å²) in [5.41, 5.74) is 0. The molecule has 7 nitrogen and oxygen atoms in total. The number of nitrogens with one attached hydrogen (secondary N) is 1. The molecule has 2 amide bonds. The van der Waals surface area contributed by atoms with Crippen molar-refractivity contribution in [3.05, 3.63) is 30.3 Å². The predicted molar refractivity (Wildman–Crippen MR) is 91.4 cm³/mol. The van der Waals surface area contributed by atoms with Gasteiger partial charge in [-0.15, -0.1) is 0 Å². The molecule has 0 aromatic heterocycles.